The molecule has 10 heavy (non-hydrogen) atoms. The first kappa shape index (κ1) is 9.23. The fraction of sp³-hybridized carbons (Fsp3) is 0. The maximum Gasteiger partial charge on any atom is 0.524 e. The van der Waals surface area contributed by atoms with Gasteiger partial charge in [-0.25, -0.2) is 4.57 Å². The summed E-state index contributed by atoms with van der Waals surface area (Å²) in [6.45, 7) is 5.90. The van der Waals surface area contributed by atoms with E-state index in [9.17, 15) is 4.57 Å². The molecule has 0 spiro atoms. The van der Waals surface area contributed by atoms with E-state index in [1.807, 2.05) is 0 Å². The largest absolute Gasteiger partial charge is 0.524 e. The van der Waals surface area contributed by atoms with E-state index in [1.54, 1.807) is 0 Å². The molecular weight excluding hydrogens is 159 g/mol. The number of phosphoric acid groups is 1. The highest BCUT2D eigenvalue weighted by Gasteiger charge is 2.17. The molecule has 0 fully saturated rings. The lowest BCUT2D eigenvalue weighted by molar-refractivity contribution is 0.230. The second-order valence-corrected chi connectivity index (χ2v) is 2.62. The lowest BCUT2D eigenvalue weighted by Crippen LogP contribution is -1.90. The summed E-state index contributed by atoms with van der Waals surface area (Å²) >= 11 is 0. The summed E-state index contributed by atoms with van der Waals surface area (Å²) in [5.41, 5.74) is 0. The van der Waals surface area contributed by atoms with Gasteiger partial charge in [-0.1, -0.05) is 13.2 Å². The van der Waals surface area contributed by atoms with Gasteiger partial charge in [0.25, 0.3) is 0 Å². The van der Waals surface area contributed by atoms with Crippen LogP contribution in [0, 0.1) is 0 Å². The Morgan fingerprint density at radius 3 is 1.90 bits per heavy atom. The predicted molar refractivity (Wildman–Crippen MR) is 34.0 cm³/mol. The molecule has 0 aliphatic carbocycles. The maximum atomic E-state index is 10.0. The van der Waals surface area contributed by atoms with Crippen molar-refractivity contribution in [3.8, 4) is 0 Å². The Kier molecular flexibility index (Phi) is 2.65. The van der Waals surface area contributed by atoms with Gasteiger partial charge in [0, 0.05) is 0 Å². The smallest absolute Gasteiger partial charge is 0.505 e. The van der Waals surface area contributed by atoms with E-state index in [0.29, 0.717) is 0 Å². The number of aliphatic hydroxyl groups excluding tert-OH is 1. The minimum absolute atomic E-state index is 0.534. The summed E-state index contributed by atoms with van der Waals surface area (Å²) in [6, 6.07) is 0. The molecule has 0 aromatic heterocycles. The molecule has 0 aromatic carbocycles. The monoisotopic (exact) mass is 166 g/mol. The molecule has 0 heterocycles. The van der Waals surface area contributed by atoms with Crippen LogP contribution in [0.2, 0.25) is 0 Å². The molecule has 6 heteroatoms. The van der Waals surface area contributed by atoms with Crippen LogP contribution in [0.3, 0.4) is 0 Å². The first-order chi connectivity index (χ1) is 4.33. The van der Waals surface area contributed by atoms with Crippen LogP contribution in [0.15, 0.2) is 24.7 Å². The van der Waals surface area contributed by atoms with Crippen LogP contribution in [-0.4, -0.2) is 14.9 Å². The standard InChI is InChI=1S/C4H7O5P/c1-3(5)4(2)9-10(6,7)8/h5H,1-2H2,(H2,6,7,8). The summed E-state index contributed by atoms with van der Waals surface area (Å²) in [5, 5.41) is 8.42. The lowest BCUT2D eigenvalue weighted by atomic mass is 10.5. The first-order valence-corrected chi connectivity index (χ1v) is 3.68. The summed E-state index contributed by atoms with van der Waals surface area (Å²) in [4.78, 5) is 16.2. The molecule has 58 valence electrons. The topological polar surface area (TPSA) is 87.0 Å². The van der Waals surface area contributed by atoms with Gasteiger partial charge in [0.1, 0.15) is 5.76 Å². The van der Waals surface area contributed by atoms with Crippen molar-refractivity contribution in [3.05, 3.63) is 24.7 Å². The molecule has 0 amide bonds. The lowest BCUT2D eigenvalue weighted by Gasteiger charge is -2.06. The Labute approximate surface area is 57.5 Å². The van der Waals surface area contributed by atoms with Crippen molar-refractivity contribution in [1.82, 2.24) is 0 Å². The van der Waals surface area contributed by atoms with Crippen LogP contribution in [0.1, 0.15) is 0 Å². The van der Waals surface area contributed by atoms with E-state index in [2.05, 4.69) is 17.7 Å². The molecule has 0 atom stereocenters. The minimum Gasteiger partial charge on any atom is -0.505 e. The molecule has 0 saturated carbocycles. The van der Waals surface area contributed by atoms with Gasteiger partial charge >= 0.3 is 7.82 Å². The SMILES string of the molecule is C=C(O)C(=C)OP(=O)(O)O. The normalized spacial score (nSPS) is 10.6. The van der Waals surface area contributed by atoms with Crippen molar-refractivity contribution in [2.45, 2.75) is 0 Å². The minimum atomic E-state index is -4.60. The van der Waals surface area contributed by atoms with Crippen LogP contribution in [0.5, 0.6) is 0 Å². The average Bonchev–Trinajstić information content (AvgIpc) is 1.60. The van der Waals surface area contributed by atoms with Gasteiger partial charge in [-0.2, -0.15) is 0 Å². The van der Waals surface area contributed by atoms with Gasteiger partial charge in [-0.3, -0.25) is 9.79 Å². The van der Waals surface area contributed by atoms with Crippen molar-refractivity contribution in [1.29, 1.82) is 0 Å². The van der Waals surface area contributed by atoms with Gasteiger partial charge in [-0.15, -0.1) is 0 Å². The Morgan fingerprint density at radius 1 is 1.40 bits per heavy atom. The zero-order valence-corrected chi connectivity index (χ0v) is 5.91. The molecule has 0 saturated heterocycles. The number of rotatable bonds is 3. The zero-order valence-electron chi connectivity index (χ0n) is 5.02. The molecule has 5 nitrogen and oxygen atoms in total. The van der Waals surface area contributed by atoms with Crippen molar-refractivity contribution in [2.75, 3.05) is 0 Å². The Balaban J connectivity index is 4.07. The quantitative estimate of drug-likeness (QED) is 0.326. The highest BCUT2D eigenvalue weighted by molar-refractivity contribution is 7.46. The van der Waals surface area contributed by atoms with Crippen LogP contribution in [-0.2, 0) is 9.09 Å². The van der Waals surface area contributed by atoms with Crippen molar-refractivity contribution in [2.24, 2.45) is 0 Å². The van der Waals surface area contributed by atoms with Gasteiger partial charge in [0.05, 0.1) is 0 Å². The molecule has 0 unspecified atom stereocenters. The summed E-state index contributed by atoms with van der Waals surface area (Å²) in [6.07, 6.45) is 0. The first-order valence-electron chi connectivity index (χ1n) is 2.15. The van der Waals surface area contributed by atoms with Crippen molar-refractivity contribution >= 4 is 7.82 Å². The molecule has 3 N–H and O–H groups in total. The van der Waals surface area contributed by atoms with Gasteiger partial charge < -0.3 is 9.63 Å². The van der Waals surface area contributed by atoms with Gasteiger partial charge in [0.15, 0.2) is 5.76 Å². The summed E-state index contributed by atoms with van der Waals surface area (Å²) in [5.74, 6) is -1.14. The van der Waals surface area contributed by atoms with E-state index in [4.69, 9.17) is 14.9 Å². The molecule has 0 bridgehead atoms. The van der Waals surface area contributed by atoms with Crippen LogP contribution in [0.25, 0.3) is 0 Å². The highest BCUT2D eigenvalue weighted by atomic mass is 31.2. The van der Waals surface area contributed by atoms with Crippen LogP contribution < -0.4 is 0 Å². The third-order valence-corrected chi connectivity index (χ3v) is 1.01. The Bertz CT molecular complexity index is 202. The van der Waals surface area contributed by atoms with Gasteiger partial charge in [0.2, 0.25) is 0 Å². The van der Waals surface area contributed by atoms with Crippen molar-refractivity contribution < 1.29 is 24.0 Å². The molecule has 0 radical (unpaired) electrons. The van der Waals surface area contributed by atoms with Gasteiger partial charge in [-0.05, 0) is 0 Å². The van der Waals surface area contributed by atoms with E-state index < -0.39 is 19.3 Å². The number of aliphatic hydroxyl groups is 1. The predicted octanol–water partition coefficient (Wildman–Crippen LogP) is 0.681. The van der Waals surface area contributed by atoms with Crippen molar-refractivity contribution in [3.63, 3.8) is 0 Å². The third-order valence-electron chi connectivity index (χ3n) is 0.551. The number of phosphoric ester groups is 1. The van der Waals surface area contributed by atoms with E-state index in [0.717, 1.165) is 0 Å². The molecule has 0 rings (SSSR count). The molecule has 0 aromatic rings. The molecule has 0 aliphatic rings. The van der Waals surface area contributed by atoms with E-state index in [1.165, 1.54) is 0 Å². The number of hydrogen-bond acceptors (Lipinski definition) is 3. The molecular formula is C4H7O5P. The van der Waals surface area contributed by atoms with E-state index >= 15 is 0 Å². The fourth-order valence-electron chi connectivity index (χ4n) is 0.196. The number of hydrogen-bond donors (Lipinski definition) is 3. The van der Waals surface area contributed by atoms with Crippen LogP contribution in [0.4, 0.5) is 0 Å². The fourth-order valence-corrected chi connectivity index (χ4v) is 0.589. The zero-order chi connectivity index (χ0) is 8.36. The van der Waals surface area contributed by atoms with Crippen LogP contribution >= 0.6 is 7.82 Å². The second-order valence-electron chi connectivity index (χ2n) is 1.45. The third kappa shape index (κ3) is 4.14. The Morgan fingerprint density at radius 2 is 1.80 bits per heavy atom. The summed E-state index contributed by atoms with van der Waals surface area (Å²) < 4.78 is 13.8. The second kappa shape index (κ2) is 2.88. The summed E-state index contributed by atoms with van der Waals surface area (Å²) in [7, 11) is -4.60. The Hall–Kier alpha value is -0.770. The molecule has 0 aliphatic heterocycles. The maximum absolute atomic E-state index is 10.0. The van der Waals surface area contributed by atoms with E-state index in [-0.39, 0.29) is 0 Å². The highest BCUT2D eigenvalue weighted by Crippen LogP contribution is 2.39. The average molecular weight is 166 g/mol.